The summed E-state index contributed by atoms with van der Waals surface area (Å²) in [7, 11) is -3.51. The van der Waals surface area contributed by atoms with Gasteiger partial charge in [-0.25, -0.2) is 27.2 Å². The SMILES string of the molecule is Cc1nc(NS(C)(=O)=O)ncc1-c1cccc([C@@]23CC[C@@H](c4cc(-c5c(F)cccc5F)nnc42)C3(C)C)n1. The molecule has 0 aliphatic heterocycles. The molecule has 39 heavy (non-hydrogen) atoms. The van der Waals surface area contributed by atoms with Crippen LogP contribution in [0.25, 0.3) is 22.5 Å². The lowest BCUT2D eigenvalue weighted by atomic mass is 9.66. The Labute approximate surface area is 225 Å². The van der Waals surface area contributed by atoms with Crippen LogP contribution in [0.1, 0.15) is 55.3 Å². The average Bonchev–Trinajstić information content (AvgIpc) is 3.24. The van der Waals surface area contributed by atoms with Gasteiger partial charge in [-0.3, -0.25) is 9.71 Å². The fourth-order valence-electron chi connectivity index (χ4n) is 6.51. The van der Waals surface area contributed by atoms with Gasteiger partial charge in [-0.05, 0) is 67.0 Å². The topological polar surface area (TPSA) is 111 Å². The van der Waals surface area contributed by atoms with Crippen molar-refractivity contribution in [3.8, 4) is 22.5 Å². The third-order valence-electron chi connectivity index (χ3n) is 8.32. The van der Waals surface area contributed by atoms with E-state index in [1.807, 2.05) is 18.2 Å². The molecule has 3 heterocycles. The van der Waals surface area contributed by atoms with E-state index in [2.05, 4.69) is 38.7 Å². The Bertz CT molecular complexity index is 1740. The van der Waals surface area contributed by atoms with E-state index in [-0.39, 0.29) is 28.5 Å². The number of benzene rings is 1. The van der Waals surface area contributed by atoms with E-state index >= 15 is 0 Å². The average molecular weight is 549 g/mol. The fraction of sp³-hybridized carbons (Fsp3) is 0.321. The summed E-state index contributed by atoms with van der Waals surface area (Å²) in [6.45, 7) is 6.14. The van der Waals surface area contributed by atoms with Crippen LogP contribution in [0.5, 0.6) is 0 Å². The first kappa shape index (κ1) is 25.4. The van der Waals surface area contributed by atoms with Gasteiger partial charge in [0.15, 0.2) is 0 Å². The number of hydrogen-bond donors (Lipinski definition) is 1. The molecule has 1 N–H and O–H groups in total. The molecule has 3 aromatic heterocycles. The molecule has 0 unspecified atom stereocenters. The van der Waals surface area contributed by atoms with Gasteiger partial charge in [-0.1, -0.05) is 26.0 Å². The largest absolute Gasteiger partial charge is 0.252 e. The molecule has 200 valence electrons. The number of hydrogen-bond acceptors (Lipinski definition) is 7. The highest BCUT2D eigenvalue weighted by Crippen LogP contribution is 2.69. The monoisotopic (exact) mass is 548 g/mol. The smallest absolute Gasteiger partial charge is 0.236 e. The first-order chi connectivity index (χ1) is 18.4. The minimum Gasteiger partial charge on any atom is -0.252 e. The number of nitrogens with one attached hydrogen (secondary N) is 1. The molecule has 1 fully saturated rings. The zero-order valence-electron chi connectivity index (χ0n) is 21.8. The van der Waals surface area contributed by atoms with Gasteiger partial charge in [-0.15, -0.1) is 5.10 Å². The van der Waals surface area contributed by atoms with Crippen molar-refractivity contribution in [2.45, 2.75) is 44.9 Å². The third-order valence-corrected chi connectivity index (χ3v) is 8.87. The van der Waals surface area contributed by atoms with E-state index in [1.165, 1.54) is 18.2 Å². The summed E-state index contributed by atoms with van der Waals surface area (Å²) in [5, 5.41) is 8.89. The van der Waals surface area contributed by atoms with Crippen molar-refractivity contribution in [2.24, 2.45) is 5.41 Å². The molecule has 2 atom stereocenters. The van der Waals surface area contributed by atoms with Crippen LogP contribution in [0.3, 0.4) is 0 Å². The lowest BCUT2D eigenvalue weighted by Crippen LogP contribution is -2.37. The van der Waals surface area contributed by atoms with Crippen molar-refractivity contribution in [1.82, 2.24) is 25.1 Å². The first-order valence-electron chi connectivity index (χ1n) is 12.5. The van der Waals surface area contributed by atoms with Crippen LogP contribution in [0, 0.1) is 24.0 Å². The van der Waals surface area contributed by atoms with Crippen LogP contribution in [0.15, 0.2) is 48.7 Å². The van der Waals surface area contributed by atoms with E-state index in [9.17, 15) is 17.2 Å². The number of halogens is 2. The van der Waals surface area contributed by atoms with Gasteiger partial charge in [0.25, 0.3) is 0 Å². The maximum atomic E-state index is 14.6. The quantitative estimate of drug-likeness (QED) is 0.367. The summed E-state index contributed by atoms with van der Waals surface area (Å²) in [4.78, 5) is 13.5. The number of rotatable bonds is 5. The van der Waals surface area contributed by atoms with Crippen molar-refractivity contribution < 1.29 is 17.2 Å². The minimum absolute atomic E-state index is 0.00430. The Morgan fingerprint density at radius 2 is 1.72 bits per heavy atom. The van der Waals surface area contributed by atoms with Crippen LogP contribution >= 0.6 is 0 Å². The van der Waals surface area contributed by atoms with Crippen LogP contribution in [-0.4, -0.2) is 39.8 Å². The summed E-state index contributed by atoms with van der Waals surface area (Å²) in [5.41, 5.74) is 3.63. The van der Waals surface area contributed by atoms with Crippen molar-refractivity contribution in [2.75, 3.05) is 11.0 Å². The number of pyridine rings is 1. The standard InChI is InChI=1S/C28H26F2N6O2S/c1-15-17(14-31-26(32-15)36-39(4,37)38)21-9-6-10-23(33-21)28-12-11-18(27(28,2)3)16-13-22(34-35-25(16)28)24-19(29)7-5-8-20(24)30/h5-10,13-14,18H,11-12H2,1-4H3,(H,31,32,36)/t18-,28-/m0/s1. The molecule has 8 nitrogen and oxygen atoms in total. The summed E-state index contributed by atoms with van der Waals surface area (Å²) in [5.74, 6) is -1.24. The second-order valence-electron chi connectivity index (χ2n) is 10.8. The number of sulfonamides is 1. The van der Waals surface area contributed by atoms with E-state index in [1.54, 1.807) is 19.2 Å². The van der Waals surface area contributed by atoms with Gasteiger partial charge < -0.3 is 0 Å². The fourth-order valence-corrected chi connectivity index (χ4v) is 6.94. The first-order valence-corrected chi connectivity index (χ1v) is 14.4. The highest BCUT2D eigenvalue weighted by Gasteiger charge is 2.65. The molecule has 11 heteroatoms. The summed E-state index contributed by atoms with van der Waals surface area (Å²) < 4.78 is 54.5. The lowest BCUT2D eigenvalue weighted by Gasteiger charge is -2.37. The molecule has 2 aliphatic carbocycles. The second-order valence-corrected chi connectivity index (χ2v) is 12.6. The van der Waals surface area contributed by atoms with Gasteiger partial charge in [0.05, 0.1) is 45.7 Å². The predicted octanol–water partition coefficient (Wildman–Crippen LogP) is 5.16. The molecule has 6 rings (SSSR count). The van der Waals surface area contributed by atoms with Crippen LogP contribution in [0.2, 0.25) is 0 Å². The number of anilines is 1. The van der Waals surface area contributed by atoms with Crippen molar-refractivity contribution in [1.29, 1.82) is 0 Å². The molecule has 2 aliphatic rings. The van der Waals surface area contributed by atoms with Crippen molar-refractivity contribution >= 4 is 16.0 Å². The van der Waals surface area contributed by atoms with E-state index in [0.29, 0.717) is 17.0 Å². The summed E-state index contributed by atoms with van der Waals surface area (Å²) in [6.07, 6.45) is 4.28. The molecule has 2 bridgehead atoms. The maximum absolute atomic E-state index is 14.6. The number of aryl methyl sites for hydroxylation is 1. The third kappa shape index (κ3) is 3.82. The lowest BCUT2D eigenvalue weighted by molar-refractivity contribution is 0.243. The summed E-state index contributed by atoms with van der Waals surface area (Å²) in [6, 6.07) is 11.3. The Kier molecular flexibility index (Phi) is 5.59. The van der Waals surface area contributed by atoms with Gasteiger partial charge in [0.2, 0.25) is 16.0 Å². The Morgan fingerprint density at radius 1 is 1.00 bits per heavy atom. The number of fused-ring (bicyclic) bond motifs is 5. The van der Waals surface area contributed by atoms with Gasteiger partial charge in [-0.2, -0.15) is 5.10 Å². The van der Waals surface area contributed by atoms with E-state index in [0.717, 1.165) is 36.0 Å². The highest BCUT2D eigenvalue weighted by molar-refractivity contribution is 7.91. The highest BCUT2D eigenvalue weighted by atomic mass is 32.2. The maximum Gasteiger partial charge on any atom is 0.236 e. The number of aromatic nitrogens is 5. The minimum atomic E-state index is -3.51. The Hall–Kier alpha value is -3.86. The molecule has 0 amide bonds. The van der Waals surface area contributed by atoms with Crippen LogP contribution in [-0.2, 0) is 15.4 Å². The molecular weight excluding hydrogens is 522 g/mol. The van der Waals surface area contributed by atoms with Gasteiger partial charge in [0.1, 0.15) is 11.6 Å². The molecule has 1 aromatic carbocycles. The molecule has 1 saturated carbocycles. The van der Waals surface area contributed by atoms with Gasteiger partial charge in [0, 0.05) is 11.8 Å². The van der Waals surface area contributed by atoms with Crippen molar-refractivity contribution in [3.63, 3.8) is 0 Å². The van der Waals surface area contributed by atoms with E-state index < -0.39 is 27.1 Å². The number of nitrogens with zero attached hydrogens (tertiary/aromatic N) is 5. The summed E-state index contributed by atoms with van der Waals surface area (Å²) >= 11 is 0. The molecular formula is C28H26F2N6O2S. The van der Waals surface area contributed by atoms with Crippen LogP contribution in [0.4, 0.5) is 14.7 Å². The van der Waals surface area contributed by atoms with Gasteiger partial charge >= 0.3 is 0 Å². The van der Waals surface area contributed by atoms with Crippen LogP contribution < -0.4 is 4.72 Å². The normalized spacial score (nSPS) is 21.1. The van der Waals surface area contributed by atoms with Crippen molar-refractivity contribution in [3.05, 3.63) is 82.9 Å². The molecule has 0 saturated heterocycles. The predicted molar refractivity (Wildman–Crippen MR) is 142 cm³/mol. The Balaban J connectivity index is 1.45. The van der Waals surface area contributed by atoms with E-state index in [4.69, 9.17) is 4.98 Å². The Morgan fingerprint density at radius 3 is 2.41 bits per heavy atom. The molecule has 4 aromatic rings. The second kappa shape index (κ2) is 8.57. The molecule has 0 spiro atoms. The molecule has 0 radical (unpaired) electrons. The zero-order chi connectivity index (χ0) is 27.7. The zero-order valence-corrected chi connectivity index (χ0v) is 22.6.